The number of unbranched alkanes of at least 4 members (excludes halogenated alkanes) is 20. The smallest absolute Gasteiger partial charge is 0.469 e. The molecule has 2 N–H and O–H groups in total. The molecule has 15 heteroatoms. The molecule has 0 fully saturated rings. The Morgan fingerprint density at radius 2 is 1.42 bits per heavy atom. The maximum atomic E-state index is 13.7. The number of esters is 2. The van der Waals surface area contributed by atoms with E-state index < -0.39 is 44.2 Å². The molecule has 2 atom stereocenters. The fraction of sp³-hybridized carbons (Fsp3) is 0.608. The van der Waals surface area contributed by atoms with E-state index in [1.807, 2.05) is 12.2 Å². The van der Waals surface area contributed by atoms with Gasteiger partial charge >= 0.3 is 25.4 Å². The van der Waals surface area contributed by atoms with Gasteiger partial charge in [-0.05, 0) is 49.8 Å². The number of hydrogen-bond donors (Lipinski definition) is 2. The van der Waals surface area contributed by atoms with Gasteiger partial charge in [0.05, 0.1) is 24.9 Å². The first-order chi connectivity index (χ1) is 32.0. The highest BCUT2D eigenvalue weighted by molar-refractivity contribution is 7.46. The standard InChI is InChI=1S/C51H74N3O11P/c1-4-7-10-12-14-16-17-18-19-20-21-23-25-27-29-32-49(55)64-47(39-54-38-44(52-53-54)40-61-45-35-33-42-34-36-50(56)63-46(42)37-45)48(41-62-66(58,59)60)65-51(57)43(30-9-6-3)31-28-26-24-22-15-13-11-8-5-2/h26,28,33-38,47-48H,3-5,7-8,10-25,27,29,31-32,39-41H2,1-2H3,(H2,58,59,60)/b28-26-/t47-,48-/m0/s1. The average molecular weight is 936 g/mol. The highest BCUT2D eigenvalue weighted by Gasteiger charge is 2.33. The fourth-order valence-corrected chi connectivity index (χ4v) is 7.67. The molecule has 1 aromatic carbocycles. The molecule has 0 unspecified atom stereocenters. The van der Waals surface area contributed by atoms with E-state index in [2.05, 4.69) is 47.9 Å². The lowest BCUT2D eigenvalue weighted by atomic mass is 10.0. The Morgan fingerprint density at radius 3 is 2.05 bits per heavy atom. The van der Waals surface area contributed by atoms with E-state index in [1.165, 1.54) is 107 Å². The van der Waals surface area contributed by atoms with Gasteiger partial charge in [-0.1, -0.05) is 165 Å². The van der Waals surface area contributed by atoms with Gasteiger partial charge in [0.1, 0.15) is 23.6 Å². The van der Waals surface area contributed by atoms with Crippen LogP contribution in [0.2, 0.25) is 0 Å². The highest BCUT2D eigenvalue weighted by Crippen LogP contribution is 2.36. The number of hydrogen-bond acceptors (Lipinski definition) is 11. The quantitative estimate of drug-likeness (QED) is 0.0106. The SMILES string of the molecule is C=C=C=C=C(C/C=C\CCCCCCCC)C(=O)O[C@@H](COP(=O)(O)O)[C@H](Cn1cc(COc2ccc3ccc(=O)oc3c2)nn1)OC(=O)CCCCCCCCCCCCCCCCC. The average Bonchev–Trinajstić information content (AvgIpc) is 3.75. The first kappa shape index (κ1) is 55.6. The summed E-state index contributed by atoms with van der Waals surface area (Å²) in [5.41, 5.74) is 8.02. The first-order valence-electron chi connectivity index (χ1n) is 24.2. The van der Waals surface area contributed by atoms with Crippen molar-refractivity contribution in [3.05, 3.63) is 94.1 Å². The third kappa shape index (κ3) is 25.2. The molecule has 3 aromatic rings. The topological polar surface area (TPSA) is 190 Å². The van der Waals surface area contributed by atoms with Gasteiger partial charge in [-0.15, -0.1) is 5.10 Å². The van der Waals surface area contributed by atoms with Crippen LogP contribution in [0.25, 0.3) is 11.0 Å². The van der Waals surface area contributed by atoms with Gasteiger partial charge in [-0.25, -0.2) is 18.8 Å². The van der Waals surface area contributed by atoms with E-state index in [-0.39, 0.29) is 31.6 Å². The summed E-state index contributed by atoms with van der Waals surface area (Å²) in [5.74, 6) is -1.05. The second-order valence-electron chi connectivity index (χ2n) is 16.8. The lowest BCUT2D eigenvalue weighted by Crippen LogP contribution is -2.41. The van der Waals surface area contributed by atoms with Gasteiger partial charge < -0.3 is 28.4 Å². The number of benzene rings is 1. The van der Waals surface area contributed by atoms with Crippen molar-refractivity contribution in [2.45, 2.75) is 193 Å². The summed E-state index contributed by atoms with van der Waals surface area (Å²) in [7, 11) is -5.07. The van der Waals surface area contributed by atoms with Crippen LogP contribution in [0.4, 0.5) is 0 Å². The van der Waals surface area contributed by atoms with Crippen LogP contribution in [0.5, 0.6) is 5.75 Å². The minimum Gasteiger partial charge on any atom is -0.487 e. The Morgan fingerprint density at radius 1 is 0.818 bits per heavy atom. The Kier molecular flexibility index (Phi) is 28.3. The van der Waals surface area contributed by atoms with Crippen molar-refractivity contribution >= 4 is 30.7 Å². The number of fused-ring (bicyclic) bond motifs is 1. The van der Waals surface area contributed by atoms with Gasteiger partial charge in [0.2, 0.25) is 0 Å². The number of phosphoric ester groups is 1. The Bertz CT molecular complexity index is 2120. The molecule has 2 aromatic heterocycles. The van der Waals surface area contributed by atoms with Crippen molar-refractivity contribution in [3.8, 4) is 5.75 Å². The van der Waals surface area contributed by atoms with Crippen LogP contribution in [0.1, 0.15) is 174 Å². The van der Waals surface area contributed by atoms with Crippen LogP contribution in [-0.2, 0) is 41.3 Å². The van der Waals surface area contributed by atoms with Crippen LogP contribution >= 0.6 is 7.82 Å². The van der Waals surface area contributed by atoms with Crippen LogP contribution < -0.4 is 10.4 Å². The molecule has 2 heterocycles. The minimum absolute atomic E-state index is 0.0321. The molecular weight excluding hydrogens is 862 g/mol. The molecule has 0 aliphatic rings. The number of rotatable bonds is 37. The summed E-state index contributed by atoms with van der Waals surface area (Å²) in [6.45, 7) is 6.86. The first-order valence-corrected chi connectivity index (χ1v) is 25.7. The van der Waals surface area contributed by atoms with Gasteiger partial charge in [0.15, 0.2) is 12.2 Å². The second-order valence-corrected chi connectivity index (χ2v) is 18.0. The lowest BCUT2D eigenvalue weighted by Gasteiger charge is -2.27. The summed E-state index contributed by atoms with van der Waals surface area (Å²) < 4.78 is 41.1. The van der Waals surface area contributed by atoms with Crippen molar-refractivity contribution in [3.63, 3.8) is 0 Å². The zero-order valence-electron chi connectivity index (χ0n) is 39.4. The number of ether oxygens (including phenoxy) is 3. The van der Waals surface area contributed by atoms with Crippen molar-refractivity contribution in [2.24, 2.45) is 0 Å². The number of nitrogens with zero attached hydrogens (tertiary/aromatic N) is 3. The second kappa shape index (κ2) is 33.7. The minimum atomic E-state index is -5.07. The van der Waals surface area contributed by atoms with Crippen LogP contribution in [0.15, 0.2) is 87.2 Å². The third-order valence-electron chi connectivity index (χ3n) is 11.0. The molecular formula is C51H74N3O11P. The summed E-state index contributed by atoms with van der Waals surface area (Å²) in [4.78, 5) is 58.3. The maximum Gasteiger partial charge on any atom is 0.469 e. The van der Waals surface area contributed by atoms with Gasteiger partial charge in [0, 0.05) is 30.4 Å². The van der Waals surface area contributed by atoms with E-state index in [4.69, 9.17) is 23.2 Å². The molecule has 0 bridgehead atoms. The molecule has 0 saturated carbocycles. The highest BCUT2D eigenvalue weighted by atomic mass is 31.2. The van der Waals surface area contributed by atoms with E-state index >= 15 is 0 Å². The number of carbonyl (C=O) groups is 2. The predicted octanol–water partition coefficient (Wildman–Crippen LogP) is 11.9. The van der Waals surface area contributed by atoms with Crippen molar-refractivity contribution < 1.29 is 47.1 Å². The van der Waals surface area contributed by atoms with Crippen LogP contribution in [0, 0.1) is 0 Å². The van der Waals surface area contributed by atoms with Crippen molar-refractivity contribution in [2.75, 3.05) is 6.61 Å². The number of allylic oxidation sites excluding steroid dienone is 2. The number of aromatic nitrogens is 3. The van der Waals surface area contributed by atoms with Crippen molar-refractivity contribution in [1.29, 1.82) is 0 Å². The largest absolute Gasteiger partial charge is 0.487 e. The zero-order chi connectivity index (χ0) is 47.7. The summed E-state index contributed by atoms with van der Waals surface area (Å²) >= 11 is 0. The van der Waals surface area contributed by atoms with Crippen LogP contribution in [-0.4, -0.2) is 55.5 Å². The fourth-order valence-electron chi connectivity index (χ4n) is 7.33. The zero-order valence-corrected chi connectivity index (χ0v) is 40.3. The molecule has 3 rings (SSSR count). The molecule has 0 aliphatic heterocycles. The van der Waals surface area contributed by atoms with E-state index in [0.717, 1.165) is 50.3 Å². The molecule has 0 aliphatic carbocycles. The lowest BCUT2D eigenvalue weighted by molar-refractivity contribution is -0.170. The molecule has 14 nitrogen and oxygen atoms in total. The monoisotopic (exact) mass is 936 g/mol. The molecule has 66 heavy (non-hydrogen) atoms. The predicted molar refractivity (Wildman–Crippen MR) is 256 cm³/mol. The molecule has 364 valence electrons. The molecule has 0 radical (unpaired) electrons. The van der Waals surface area contributed by atoms with Crippen LogP contribution in [0.3, 0.4) is 0 Å². The Labute approximate surface area is 391 Å². The van der Waals surface area contributed by atoms with Gasteiger partial charge in [-0.3, -0.25) is 9.32 Å². The molecule has 0 saturated heterocycles. The maximum absolute atomic E-state index is 13.7. The summed E-state index contributed by atoms with van der Waals surface area (Å²) in [6, 6.07) is 8.04. The van der Waals surface area contributed by atoms with Gasteiger partial charge in [0.25, 0.3) is 0 Å². The van der Waals surface area contributed by atoms with E-state index in [1.54, 1.807) is 24.3 Å². The van der Waals surface area contributed by atoms with E-state index in [9.17, 15) is 28.7 Å². The third-order valence-corrected chi connectivity index (χ3v) is 11.5. The normalized spacial score (nSPS) is 12.4. The Balaban J connectivity index is 1.68. The number of carbonyl (C=O) groups excluding carboxylic acids is 2. The van der Waals surface area contributed by atoms with Crippen molar-refractivity contribution in [1.82, 2.24) is 15.0 Å². The summed E-state index contributed by atoms with van der Waals surface area (Å²) in [6.07, 6.45) is 28.1. The van der Waals surface area contributed by atoms with Gasteiger partial charge in [-0.2, -0.15) is 0 Å². The summed E-state index contributed by atoms with van der Waals surface area (Å²) in [5, 5.41) is 9.06. The molecule has 0 amide bonds. The van der Waals surface area contributed by atoms with E-state index in [0.29, 0.717) is 23.4 Å². The number of phosphoric acid groups is 1. The Hall–Kier alpha value is -4.76. The molecule has 0 spiro atoms.